The van der Waals surface area contributed by atoms with Gasteiger partial charge in [-0.25, -0.2) is 15.0 Å². The Morgan fingerprint density at radius 1 is 0.408 bits per heavy atom. The van der Waals surface area contributed by atoms with E-state index in [1.165, 1.54) is 43.1 Å². The molecule has 5 nitrogen and oxygen atoms in total. The van der Waals surface area contributed by atoms with Gasteiger partial charge in [0, 0.05) is 50.1 Å². The van der Waals surface area contributed by atoms with Gasteiger partial charge in [-0.15, -0.1) is 0 Å². The number of rotatable bonds is 4. The minimum Gasteiger partial charge on any atom is -0.307 e. The van der Waals surface area contributed by atoms with Gasteiger partial charge >= 0.3 is 0 Å². The summed E-state index contributed by atoms with van der Waals surface area (Å²) in [4.78, 5) is 20.0. The van der Waals surface area contributed by atoms with Gasteiger partial charge in [-0.3, -0.25) is 4.98 Å². The van der Waals surface area contributed by atoms with E-state index in [1.807, 2.05) is 72.9 Å². The molecular formula is C44H25N5. The van der Waals surface area contributed by atoms with E-state index in [1.54, 1.807) is 0 Å². The van der Waals surface area contributed by atoms with E-state index < -0.39 is 0 Å². The van der Waals surface area contributed by atoms with Crippen LogP contribution in [0.4, 0.5) is 0 Å². The van der Waals surface area contributed by atoms with Crippen molar-refractivity contribution in [3.63, 3.8) is 0 Å². The fourth-order valence-electron chi connectivity index (χ4n) is 7.85. The third-order valence-electron chi connectivity index (χ3n) is 9.94. The van der Waals surface area contributed by atoms with Crippen LogP contribution in [0.2, 0.25) is 0 Å². The van der Waals surface area contributed by atoms with Gasteiger partial charge in [-0.05, 0) is 57.3 Å². The molecule has 8 aromatic carbocycles. The molecule has 3 heterocycles. The van der Waals surface area contributed by atoms with Crippen LogP contribution >= 0.6 is 0 Å². The Labute approximate surface area is 280 Å². The molecule has 0 spiro atoms. The number of hydrogen-bond donors (Lipinski definition) is 0. The first-order valence-corrected chi connectivity index (χ1v) is 16.5. The minimum atomic E-state index is 0.628. The van der Waals surface area contributed by atoms with Crippen molar-refractivity contribution in [2.75, 3.05) is 0 Å². The Balaban J connectivity index is 1.23. The molecule has 0 amide bonds. The Morgan fingerprint density at radius 3 is 1.80 bits per heavy atom. The number of nitrogens with zero attached hydrogens (tertiary/aromatic N) is 5. The number of pyridine rings is 1. The van der Waals surface area contributed by atoms with Crippen LogP contribution in [0.15, 0.2) is 152 Å². The van der Waals surface area contributed by atoms with Crippen LogP contribution in [-0.2, 0) is 0 Å². The highest BCUT2D eigenvalue weighted by Crippen LogP contribution is 2.48. The molecule has 0 saturated heterocycles. The van der Waals surface area contributed by atoms with Crippen molar-refractivity contribution in [2.45, 2.75) is 0 Å². The lowest BCUT2D eigenvalue weighted by molar-refractivity contribution is 1.07. The van der Waals surface area contributed by atoms with Gasteiger partial charge < -0.3 is 4.57 Å². The SMILES string of the molecule is c1ccc(-c2nc(-c3ccccc3)nc(-c3cccc(-n4c5ccc6ccc7cccc8c9cc%10cccnc%10c4c9c5c6c78)c3)n2)cc1. The second-order valence-electron chi connectivity index (χ2n) is 12.7. The molecule has 0 atom stereocenters. The fourth-order valence-corrected chi connectivity index (χ4v) is 7.85. The summed E-state index contributed by atoms with van der Waals surface area (Å²) in [5.74, 6) is 1.92. The van der Waals surface area contributed by atoms with E-state index >= 15 is 0 Å². The molecule has 0 aliphatic heterocycles. The zero-order valence-electron chi connectivity index (χ0n) is 26.2. The van der Waals surface area contributed by atoms with Crippen LogP contribution < -0.4 is 0 Å². The first-order valence-electron chi connectivity index (χ1n) is 16.5. The van der Waals surface area contributed by atoms with Crippen LogP contribution in [0.3, 0.4) is 0 Å². The second-order valence-corrected chi connectivity index (χ2v) is 12.7. The Bertz CT molecular complexity index is 2980. The van der Waals surface area contributed by atoms with Gasteiger partial charge in [-0.1, -0.05) is 115 Å². The second kappa shape index (κ2) is 9.89. The predicted octanol–water partition coefficient (Wildman–Crippen LogP) is 10.9. The molecule has 0 saturated carbocycles. The van der Waals surface area contributed by atoms with Gasteiger partial charge in [0.2, 0.25) is 0 Å². The Kier molecular flexibility index (Phi) is 5.32. The summed E-state index contributed by atoms with van der Waals surface area (Å²) in [6.45, 7) is 0. The summed E-state index contributed by atoms with van der Waals surface area (Å²) >= 11 is 0. The van der Waals surface area contributed by atoms with Gasteiger partial charge in [0.1, 0.15) is 0 Å². The van der Waals surface area contributed by atoms with Crippen LogP contribution in [0.25, 0.3) is 105 Å². The smallest absolute Gasteiger partial charge is 0.164 e. The molecule has 226 valence electrons. The lowest BCUT2D eigenvalue weighted by Gasteiger charge is -2.13. The molecular weight excluding hydrogens is 599 g/mol. The highest BCUT2D eigenvalue weighted by atomic mass is 15.0. The fraction of sp³-hybridized carbons (Fsp3) is 0. The number of benzene rings is 8. The summed E-state index contributed by atoms with van der Waals surface area (Å²) in [5, 5.41) is 11.3. The lowest BCUT2D eigenvalue weighted by atomic mass is 9.89. The summed E-state index contributed by atoms with van der Waals surface area (Å²) < 4.78 is 2.40. The Hall–Kier alpha value is -6.72. The van der Waals surface area contributed by atoms with E-state index in [4.69, 9.17) is 19.9 Å². The summed E-state index contributed by atoms with van der Waals surface area (Å²) in [6, 6.07) is 51.0. The van der Waals surface area contributed by atoms with Crippen molar-refractivity contribution in [2.24, 2.45) is 0 Å². The minimum absolute atomic E-state index is 0.628. The average molecular weight is 624 g/mol. The third kappa shape index (κ3) is 3.75. The van der Waals surface area contributed by atoms with Gasteiger partial charge in [0.15, 0.2) is 17.5 Å². The van der Waals surface area contributed by atoms with Crippen molar-refractivity contribution >= 4 is 65.0 Å². The molecule has 0 aliphatic carbocycles. The van der Waals surface area contributed by atoms with E-state index in [2.05, 4.69) is 83.4 Å². The van der Waals surface area contributed by atoms with Crippen LogP contribution in [-0.4, -0.2) is 24.5 Å². The highest BCUT2D eigenvalue weighted by Gasteiger charge is 2.24. The maximum absolute atomic E-state index is 5.04. The van der Waals surface area contributed by atoms with Crippen molar-refractivity contribution in [1.82, 2.24) is 24.5 Å². The number of fused-ring (bicyclic) bond motifs is 3. The number of hydrogen-bond acceptors (Lipinski definition) is 4. The molecule has 0 radical (unpaired) electrons. The molecule has 0 aliphatic rings. The first-order chi connectivity index (χ1) is 24.3. The zero-order chi connectivity index (χ0) is 32.1. The largest absolute Gasteiger partial charge is 0.307 e. The van der Waals surface area contributed by atoms with Crippen LogP contribution in [0.5, 0.6) is 0 Å². The van der Waals surface area contributed by atoms with Crippen LogP contribution in [0.1, 0.15) is 0 Å². The third-order valence-corrected chi connectivity index (χ3v) is 9.94. The standard InChI is InChI=1S/C44H25N5/c1-3-10-28(11-4-1)42-46-43(29-12-5-2-6-13-29)48-44(47-42)31-15-7-17-32(24-31)49-35-22-21-27-20-19-26-14-8-18-33-34-25-30-16-9-23-45-40(30)41(49)38(34)39(35)37(27)36(26)33/h1-25H. The zero-order valence-corrected chi connectivity index (χ0v) is 26.2. The summed E-state index contributed by atoms with van der Waals surface area (Å²) in [7, 11) is 0. The highest BCUT2D eigenvalue weighted by molar-refractivity contribution is 6.42. The number of aromatic nitrogens is 5. The Morgan fingerprint density at radius 2 is 1.04 bits per heavy atom. The lowest BCUT2D eigenvalue weighted by Crippen LogP contribution is -2.01. The monoisotopic (exact) mass is 623 g/mol. The molecule has 49 heavy (non-hydrogen) atoms. The first kappa shape index (κ1) is 26.4. The topological polar surface area (TPSA) is 56.5 Å². The van der Waals surface area contributed by atoms with Crippen molar-refractivity contribution in [3.05, 3.63) is 152 Å². The van der Waals surface area contributed by atoms with E-state index in [0.29, 0.717) is 17.5 Å². The van der Waals surface area contributed by atoms with E-state index in [-0.39, 0.29) is 0 Å². The predicted molar refractivity (Wildman–Crippen MR) is 201 cm³/mol. The molecule has 0 bridgehead atoms. The van der Waals surface area contributed by atoms with E-state index in [0.717, 1.165) is 44.3 Å². The maximum atomic E-state index is 5.04. The average Bonchev–Trinajstić information content (AvgIpc) is 3.54. The normalized spacial score (nSPS) is 12.1. The molecule has 0 fully saturated rings. The summed E-state index contributed by atoms with van der Waals surface area (Å²) in [5.41, 5.74) is 7.10. The van der Waals surface area contributed by atoms with Crippen molar-refractivity contribution in [1.29, 1.82) is 0 Å². The van der Waals surface area contributed by atoms with Crippen LogP contribution in [0, 0.1) is 0 Å². The molecule has 0 unspecified atom stereocenters. The molecule has 3 aromatic heterocycles. The molecule has 5 heteroatoms. The molecule has 11 aromatic rings. The van der Waals surface area contributed by atoms with Gasteiger partial charge in [-0.2, -0.15) is 0 Å². The van der Waals surface area contributed by atoms with Gasteiger partial charge in [0.05, 0.1) is 16.6 Å². The quantitative estimate of drug-likeness (QED) is 0.145. The van der Waals surface area contributed by atoms with Crippen molar-refractivity contribution in [3.8, 4) is 39.9 Å². The van der Waals surface area contributed by atoms with E-state index in [9.17, 15) is 0 Å². The molecule has 11 rings (SSSR count). The van der Waals surface area contributed by atoms with Crippen molar-refractivity contribution < 1.29 is 0 Å². The molecule has 0 N–H and O–H groups in total. The van der Waals surface area contributed by atoms with Gasteiger partial charge in [0.25, 0.3) is 0 Å². The summed E-state index contributed by atoms with van der Waals surface area (Å²) in [6.07, 6.45) is 1.90. The maximum Gasteiger partial charge on any atom is 0.164 e.